The summed E-state index contributed by atoms with van der Waals surface area (Å²) in [6.45, 7) is 6.17. The number of amides is 2. The van der Waals surface area contributed by atoms with Crippen LogP contribution in [-0.2, 0) is 32.6 Å². The van der Waals surface area contributed by atoms with E-state index >= 15 is 0 Å². The van der Waals surface area contributed by atoms with E-state index in [0.717, 1.165) is 16.1 Å². The molecule has 42 heavy (non-hydrogen) atoms. The summed E-state index contributed by atoms with van der Waals surface area (Å²) in [6, 6.07) is 19.1. The van der Waals surface area contributed by atoms with Gasteiger partial charge in [-0.2, -0.15) is 0 Å². The van der Waals surface area contributed by atoms with Gasteiger partial charge >= 0.3 is 0 Å². The number of anilines is 1. The second-order valence-corrected chi connectivity index (χ2v) is 13.8. The lowest BCUT2D eigenvalue weighted by Crippen LogP contribution is -2.56. The standard InChI is InChI=1S/C31H35Cl2N3O5S/c1-21(37)23-12-9-13-26(17-23)36(42(5,40)41)20-29(38)35(19-24-14-15-25(32)18-27(24)33)28(30(39)34-31(2,3)4)16-22-10-7-6-8-11-22/h6-15,17-18,28H,16,19-20H2,1-5H3,(H,34,39)/t28-/m1/s1. The molecule has 1 N–H and O–H groups in total. The van der Waals surface area contributed by atoms with Gasteiger partial charge in [-0.1, -0.05) is 71.7 Å². The Morgan fingerprint density at radius 3 is 2.17 bits per heavy atom. The van der Waals surface area contributed by atoms with Crippen molar-refractivity contribution in [3.05, 3.63) is 99.5 Å². The SMILES string of the molecule is CC(=O)c1cccc(N(CC(=O)N(Cc2ccc(Cl)cc2Cl)[C@H](Cc2ccccc2)C(=O)NC(C)(C)C)S(C)(=O)=O)c1. The van der Waals surface area contributed by atoms with Crippen molar-refractivity contribution in [2.45, 2.75) is 52.2 Å². The summed E-state index contributed by atoms with van der Waals surface area (Å²) in [5, 5.41) is 3.66. The Morgan fingerprint density at radius 1 is 0.929 bits per heavy atom. The van der Waals surface area contributed by atoms with Gasteiger partial charge in [0.05, 0.1) is 11.9 Å². The lowest BCUT2D eigenvalue weighted by molar-refractivity contribution is -0.140. The summed E-state index contributed by atoms with van der Waals surface area (Å²) < 4.78 is 26.8. The third kappa shape index (κ3) is 9.31. The monoisotopic (exact) mass is 631 g/mol. The molecule has 3 aromatic carbocycles. The first kappa shape index (κ1) is 33.1. The van der Waals surface area contributed by atoms with Gasteiger partial charge in [-0.25, -0.2) is 8.42 Å². The van der Waals surface area contributed by atoms with E-state index in [1.807, 2.05) is 51.1 Å². The fourth-order valence-electron chi connectivity index (χ4n) is 4.33. The van der Waals surface area contributed by atoms with Crippen LogP contribution in [0.5, 0.6) is 0 Å². The van der Waals surface area contributed by atoms with Crippen LogP contribution in [0.1, 0.15) is 49.2 Å². The second-order valence-electron chi connectivity index (χ2n) is 11.1. The van der Waals surface area contributed by atoms with Gasteiger partial charge in [-0.3, -0.25) is 18.7 Å². The topological polar surface area (TPSA) is 104 Å². The number of hydrogen-bond acceptors (Lipinski definition) is 5. The molecule has 0 fully saturated rings. The summed E-state index contributed by atoms with van der Waals surface area (Å²) in [5.74, 6) is -1.30. The Bertz CT molecular complexity index is 1560. The first-order valence-corrected chi connectivity index (χ1v) is 15.8. The number of ketones is 1. The summed E-state index contributed by atoms with van der Waals surface area (Å²) >= 11 is 12.6. The van der Waals surface area contributed by atoms with Gasteiger partial charge in [0.1, 0.15) is 12.6 Å². The molecule has 0 saturated heterocycles. The molecule has 11 heteroatoms. The highest BCUT2D eigenvalue weighted by Crippen LogP contribution is 2.26. The van der Waals surface area contributed by atoms with E-state index in [4.69, 9.17) is 23.2 Å². The molecular formula is C31H35Cl2N3O5S. The predicted molar refractivity (Wildman–Crippen MR) is 167 cm³/mol. The minimum Gasteiger partial charge on any atom is -0.350 e. The average Bonchev–Trinajstić information content (AvgIpc) is 2.89. The maximum Gasteiger partial charge on any atom is 0.244 e. The summed E-state index contributed by atoms with van der Waals surface area (Å²) in [6.07, 6.45) is 1.15. The Hall–Kier alpha value is -3.40. The lowest BCUT2D eigenvalue weighted by atomic mass is 10.0. The van der Waals surface area contributed by atoms with Gasteiger partial charge in [-0.15, -0.1) is 0 Å². The highest BCUT2D eigenvalue weighted by molar-refractivity contribution is 7.92. The third-order valence-corrected chi connectivity index (χ3v) is 8.07. The van der Waals surface area contributed by atoms with Crippen molar-refractivity contribution in [1.82, 2.24) is 10.2 Å². The average molecular weight is 633 g/mol. The van der Waals surface area contributed by atoms with Crippen molar-refractivity contribution in [1.29, 1.82) is 0 Å². The van der Waals surface area contributed by atoms with Crippen LogP contribution in [-0.4, -0.2) is 55.3 Å². The molecule has 0 aliphatic rings. The summed E-state index contributed by atoms with van der Waals surface area (Å²) in [5.41, 5.74) is 1.18. The molecule has 0 aromatic heterocycles. The van der Waals surface area contributed by atoms with E-state index in [1.165, 1.54) is 24.0 Å². The fraction of sp³-hybridized carbons (Fsp3) is 0.323. The van der Waals surface area contributed by atoms with Gasteiger partial charge in [0.25, 0.3) is 0 Å². The van der Waals surface area contributed by atoms with Gasteiger partial charge in [0.15, 0.2) is 5.78 Å². The first-order chi connectivity index (χ1) is 19.5. The van der Waals surface area contributed by atoms with E-state index in [9.17, 15) is 22.8 Å². The van der Waals surface area contributed by atoms with Crippen LogP contribution in [0.2, 0.25) is 10.0 Å². The van der Waals surface area contributed by atoms with Crippen molar-refractivity contribution in [3.63, 3.8) is 0 Å². The molecule has 3 rings (SSSR count). The minimum atomic E-state index is -3.98. The van der Waals surface area contributed by atoms with Gasteiger partial charge in [0.2, 0.25) is 21.8 Å². The minimum absolute atomic E-state index is 0.0883. The van der Waals surface area contributed by atoms with Crippen molar-refractivity contribution in [3.8, 4) is 0 Å². The number of nitrogens with one attached hydrogen (secondary N) is 1. The normalized spacial score (nSPS) is 12.4. The molecule has 2 amide bonds. The van der Waals surface area contributed by atoms with E-state index in [2.05, 4.69) is 5.32 Å². The molecule has 8 nitrogen and oxygen atoms in total. The third-order valence-electron chi connectivity index (χ3n) is 6.34. The van der Waals surface area contributed by atoms with Crippen LogP contribution in [0.15, 0.2) is 72.8 Å². The maximum atomic E-state index is 14.2. The van der Waals surface area contributed by atoms with E-state index in [-0.39, 0.29) is 24.4 Å². The van der Waals surface area contributed by atoms with Crippen molar-refractivity contribution in [2.24, 2.45) is 0 Å². The van der Waals surface area contributed by atoms with Crippen LogP contribution in [0.4, 0.5) is 5.69 Å². The van der Waals surface area contributed by atoms with Crippen LogP contribution in [0.25, 0.3) is 0 Å². The number of carbonyl (C=O) groups is 3. The zero-order valence-corrected chi connectivity index (χ0v) is 26.6. The number of sulfonamides is 1. The molecule has 0 aliphatic carbocycles. The van der Waals surface area contributed by atoms with Crippen LogP contribution in [0, 0.1) is 0 Å². The molecule has 1 atom stereocenters. The van der Waals surface area contributed by atoms with E-state index in [0.29, 0.717) is 21.2 Å². The maximum absolute atomic E-state index is 14.2. The Morgan fingerprint density at radius 2 is 1.60 bits per heavy atom. The van der Waals surface area contributed by atoms with Crippen molar-refractivity contribution >= 4 is 56.5 Å². The number of hydrogen-bond donors (Lipinski definition) is 1. The van der Waals surface area contributed by atoms with Gasteiger partial charge < -0.3 is 10.2 Å². The lowest BCUT2D eigenvalue weighted by Gasteiger charge is -2.35. The zero-order chi connectivity index (χ0) is 31.2. The largest absolute Gasteiger partial charge is 0.350 e. The molecule has 0 unspecified atom stereocenters. The number of rotatable bonds is 11. The number of Topliss-reactive ketones (excluding diaryl/α,β-unsaturated/α-hetero) is 1. The summed E-state index contributed by atoms with van der Waals surface area (Å²) in [4.78, 5) is 41.3. The van der Waals surface area contributed by atoms with Crippen LogP contribution in [0.3, 0.4) is 0 Å². The van der Waals surface area contributed by atoms with Gasteiger partial charge in [-0.05, 0) is 63.1 Å². The van der Waals surface area contributed by atoms with Crippen LogP contribution < -0.4 is 9.62 Å². The molecule has 0 heterocycles. The molecule has 224 valence electrons. The molecule has 0 bridgehead atoms. The molecule has 0 saturated carbocycles. The van der Waals surface area contributed by atoms with E-state index in [1.54, 1.807) is 30.3 Å². The number of benzene rings is 3. The number of nitrogens with zero attached hydrogens (tertiary/aromatic N) is 2. The van der Waals surface area contributed by atoms with Crippen molar-refractivity contribution < 1.29 is 22.8 Å². The molecule has 0 aliphatic heterocycles. The number of halogens is 2. The number of carbonyl (C=O) groups excluding carboxylic acids is 3. The Kier molecular flexibility index (Phi) is 10.8. The highest BCUT2D eigenvalue weighted by atomic mass is 35.5. The Labute approximate surface area is 257 Å². The first-order valence-electron chi connectivity index (χ1n) is 13.2. The van der Waals surface area contributed by atoms with Gasteiger partial charge in [0, 0.05) is 34.1 Å². The molecule has 3 aromatic rings. The Balaban J connectivity index is 2.12. The quantitative estimate of drug-likeness (QED) is 0.281. The highest BCUT2D eigenvalue weighted by Gasteiger charge is 2.34. The van der Waals surface area contributed by atoms with E-state index < -0.39 is 40.0 Å². The molecule has 0 spiro atoms. The second kappa shape index (κ2) is 13.7. The predicted octanol–water partition coefficient (Wildman–Crippen LogP) is 5.52. The fourth-order valence-corrected chi connectivity index (χ4v) is 5.64. The molecule has 0 radical (unpaired) electrons. The molecular weight excluding hydrogens is 597 g/mol. The van der Waals surface area contributed by atoms with Crippen LogP contribution >= 0.6 is 23.2 Å². The van der Waals surface area contributed by atoms with Crippen molar-refractivity contribution in [2.75, 3.05) is 17.1 Å². The zero-order valence-electron chi connectivity index (χ0n) is 24.2. The smallest absolute Gasteiger partial charge is 0.244 e. The summed E-state index contributed by atoms with van der Waals surface area (Å²) in [7, 11) is -3.98.